The van der Waals surface area contributed by atoms with Gasteiger partial charge >= 0.3 is 6.18 Å². The Morgan fingerprint density at radius 3 is 2.03 bits per heavy atom. The van der Waals surface area contributed by atoms with Crippen LogP contribution in [-0.4, -0.2) is 71.7 Å². The van der Waals surface area contributed by atoms with Crippen LogP contribution >= 0.6 is 0 Å². The minimum absolute atomic E-state index is 0.252. The first-order valence-corrected chi connectivity index (χ1v) is 11.5. The van der Waals surface area contributed by atoms with Crippen molar-refractivity contribution in [1.29, 1.82) is 0 Å². The number of piperazine rings is 1. The molecule has 1 fully saturated rings. The van der Waals surface area contributed by atoms with E-state index in [2.05, 4.69) is 4.90 Å². The van der Waals surface area contributed by atoms with Gasteiger partial charge in [0.2, 0.25) is 0 Å². The number of alkyl halides is 3. The fourth-order valence-electron chi connectivity index (χ4n) is 4.51. The van der Waals surface area contributed by atoms with E-state index in [1.807, 2.05) is 0 Å². The number of hydrogen-bond acceptors (Lipinski definition) is 4. The molecular weight excluding hydrogens is 466 g/mol. The molecule has 2 heterocycles. The molecule has 2 aromatic carbocycles. The molecule has 0 N–H and O–H groups in total. The van der Waals surface area contributed by atoms with Gasteiger partial charge in [-0.3, -0.25) is 24.2 Å². The second-order valence-electron chi connectivity index (χ2n) is 8.69. The Morgan fingerprint density at radius 2 is 1.43 bits per heavy atom. The zero-order chi connectivity index (χ0) is 25.2. The van der Waals surface area contributed by atoms with Crippen molar-refractivity contribution in [3.63, 3.8) is 0 Å². The Kier molecular flexibility index (Phi) is 7.20. The zero-order valence-corrected chi connectivity index (χ0v) is 19.0. The molecule has 0 unspecified atom stereocenters. The Labute approximate surface area is 200 Å². The van der Waals surface area contributed by atoms with Crippen molar-refractivity contribution >= 4 is 17.7 Å². The summed E-state index contributed by atoms with van der Waals surface area (Å²) < 4.78 is 53.3. The summed E-state index contributed by atoms with van der Waals surface area (Å²) in [5.41, 5.74) is -0.931. The molecule has 0 saturated carbocycles. The summed E-state index contributed by atoms with van der Waals surface area (Å²) in [7, 11) is 0. The molecule has 35 heavy (non-hydrogen) atoms. The normalized spacial score (nSPS) is 16.7. The third-order valence-electron chi connectivity index (χ3n) is 6.41. The molecule has 0 atom stereocenters. The number of amides is 3. The van der Waals surface area contributed by atoms with E-state index in [1.54, 1.807) is 24.3 Å². The number of halogens is 4. The molecule has 186 valence electrons. The van der Waals surface area contributed by atoms with Crippen LogP contribution in [-0.2, 0) is 6.18 Å². The quantitative estimate of drug-likeness (QED) is 0.333. The number of hydrogen-bond donors (Lipinski definition) is 0. The number of unbranched alkanes of at least 4 members (excludes halogenated alkanes) is 2. The number of benzene rings is 2. The lowest BCUT2D eigenvalue weighted by Gasteiger charge is -2.35. The van der Waals surface area contributed by atoms with Gasteiger partial charge < -0.3 is 4.90 Å². The van der Waals surface area contributed by atoms with Gasteiger partial charge in [0, 0.05) is 32.7 Å². The second-order valence-corrected chi connectivity index (χ2v) is 8.69. The maximum Gasteiger partial charge on any atom is 0.417 e. The van der Waals surface area contributed by atoms with Crippen molar-refractivity contribution in [2.45, 2.75) is 25.4 Å². The zero-order valence-electron chi connectivity index (χ0n) is 19.0. The number of fused-ring (bicyclic) bond motifs is 1. The highest BCUT2D eigenvalue weighted by molar-refractivity contribution is 6.21. The van der Waals surface area contributed by atoms with Crippen molar-refractivity contribution in [1.82, 2.24) is 14.7 Å². The van der Waals surface area contributed by atoms with Gasteiger partial charge in [0.25, 0.3) is 17.7 Å². The summed E-state index contributed by atoms with van der Waals surface area (Å²) in [5.74, 6) is -2.24. The number of carbonyl (C=O) groups excluding carboxylic acids is 3. The molecule has 6 nitrogen and oxygen atoms in total. The lowest BCUT2D eigenvalue weighted by Crippen LogP contribution is -2.49. The SMILES string of the molecule is O=C(c1cc(F)ccc1C(F)(F)F)N1CCN(CCCCCN2C(=O)c3ccccc3C2=O)CC1. The lowest BCUT2D eigenvalue weighted by atomic mass is 10.0. The van der Waals surface area contributed by atoms with Crippen molar-refractivity contribution in [2.75, 3.05) is 39.3 Å². The highest BCUT2D eigenvalue weighted by Gasteiger charge is 2.37. The topological polar surface area (TPSA) is 60.9 Å². The van der Waals surface area contributed by atoms with Gasteiger partial charge in [0.05, 0.1) is 22.3 Å². The highest BCUT2D eigenvalue weighted by Crippen LogP contribution is 2.33. The summed E-state index contributed by atoms with van der Waals surface area (Å²) in [6.45, 7) is 2.59. The molecule has 4 rings (SSSR count). The monoisotopic (exact) mass is 491 g/mol. The number of nitrogens with zero attached hydrogens (tertiary/aromatic N) is 3. The van der Waals surface area contributed by atoms with E-state index >= 15 is 0 Å². The Morgan fingerprint density at radius 1 is 0.829 bits per heavy atom. The molecule has 2 aromatic rings. The van der Waals surface area contributed by atoms with E-state index in [0.717, 1.165) is 19.4 Å². The molecule has 10 heteroatoms. The lowest BCUT2D eigenvalue weighted by molar-refractivity contribution is -0.138. The van der Waals surface area contributed by atoms with Crippen molar-refractivity contribution in [3.05, 3.63) is 70.5 Å². The Hall–Kier alpha value is -3.27. The number of carbonyl (C=O) groups is 3. The smallest absolute Gasteiger partial charge is 0.336 e. The van der Waals surface area contributed by atoms with Gasteiger partial charge in [-0.2, -0.15) is 13.2 Å². The van der Waals surface area contributed by atoms with E-state index in [4.69, 9.17) is 0 Å². The maximum atomic E-state index is 13.6. The van der Waals surface area contributed by atoms with Gasteiger partial charge in [-0.05, 0) is 49.7 Å². The van der Waals surface area contributed by atoms with Crippen LogP contribution in [0.3, 0.4) is 0 Å². The summed E-state index contributed by atoms with van der Waals surface area (Å²) >= 11 is 0. The summed E-state index contributed by atoms with van der Waals surface area (Å²) in [4.78, 5) is 42.1. The fourth-order valence-corrected chi connectivity index (χ4v) is 4.51. The van der Waals surface area contributed by atoms with Crippen LogP contribution in [0.25, 0.3) is 0 Å². The van der Waals surface area contributed by atoms with Crippen molar-refractivity contribution < 1.29 is 31.9 Å². The van der Waals surface area contributed by atoms with E-state index in [-0.39, 0.29) is 24.9 Å². The third kappa shape index (κ3) is 5.37. The molecule has 2 aliphatic rings. The predicted octanol–water partition coefficient (Wildman–Crippen LogP) is 4.07. The molecule has 0 aromatic heterocycles. The average molecular weight is 491 g/mol. The minimum atomic E-state index is -4.74. The first kappa shape index (κ1) is 24.8. The van der Waals surface area contributed by atoms with Crippen LogP contribution in [0.5, 0.6) is 0 Å². The molecule has 3 amide bonds. The number of imide groups is 1. The summed E-state index contributed by atoms with van der Waals surface area (Å²) in [6.07, 6.45) is -2.46. The second kappa shape index (κ2) is 10.2. The molecule has 2 aliphatic heterocycles. The van der Waals surface area contributed by atoms with Crippen LogP contribution in [0, 0.1) is 5.82 Å². The Bertz CT molecular complexity index is 1090. The molecule has 1 saturated heterocycles. The van der Waals surface area contributed by atoms with Crippen LogP contribution in [0.2, 0.25) is 0 Å². The van der Waals surface area contributed by atoms with Gasteiger partial charge in [0.1, 0.15) is 5.82 Å². The molecule has 0 spiro atoms. The average Bonchev–Trinajstić information content (AvgIpc) is 3.08. The first-order valence-electron chi connectivity index (χ1n) is 11.5. The largest absolute Gasteiger partial charge is 0.417 e. The van der Waals surface area contributed by atoms with Gasteiger partial charge in [0.15, 0.2) is 0 Å². The van der Waals surface area contributed by atoms with E-state index in [0.29, 0.717) is 55.4 Å². The standard InChI is InChI=1S/C25H25F4N3O3/c26-17-8-9-21(25(27,28)29)20(16-17)22(33)31-14-12-30(13-15-31)10-4-1-5-11-32-23(34)18-6-2-3-7-19(18)24(32)35/h2-3,6-9,16H,1,4-5,10-15H2. The highest BCUT2D eigenvalue weighted by atomic mass is 19.4. The molecule has 0 bridgehead atoms. The van der Waals surface area contributed by atoms with Crippen LogP contribution in [0.4, 0.5) is 17.6 Å². The van der Waals surface area contributed by atoms with Crippen LogP contribution in [0.1, 0.15) is 55.9 Å². The number of rotatable bonds is 7. The van der Waals surface area contributed by atoms with E-state index < -0.39 is 29.0 Å². The van der Waals surface area contributed by atoms with Gasteiger partial charge in [-0.1, -0.05) is 18.6 Å². The molecular formula is C25H25F4N3O3. The van der Waals surface area contributed by atoms with Gasteiger partial charge in [-0.15, -0.1) is 0 Å². The van der Waals surface area contributed by atoms with Crippen LogP contribution in [0.15, 0.2) is 42.5 Å². The summed E-state index contributed by atoms with van der Waals surface area (Å²) in [6, 6.07) is 8.71. The fraction of sp³-hybridized carbons (Fsp3) is 0.400. The van der Waals surface area contributed by atoms with Crippen molar-refractivity contribution in [3.8, 4) is 0 Å². The first-order chi connectivity index (χ1) is 16.7. The maximum absolute atomic E-state index is 13.6. The third-order valence-corrected chi connectivity index (χ3v) is 6.41. The Balaban J connectivity index is 1.20. The molecule has 0 aliphatic carbocycles. The van der Waals surface area contributed by atoms with E-state index in [9.17, 15) is 31.9 Å². The summed E-state index contributed by atoms with van der Waals surface area (Å²) in [5, 5.41) is 0. The van der Waals surface area contributed by atoms with Crippen molar-refractivity contribution in [2.24, 2.45) is 0 Å². The predicted molar refractivity (Wildman–Crippen MR) is 119 cm³/mol. The molecule has 0 radical (unpaired) electrons. The van der Waals surface area contributed by atoms with Gasteiger partial charge in [-0.25, -0.2) is 4.39 Å². The van der Waals surface area contributed by atoms with E-state index in [1.165, 1.54) is 9.80 Å². The minimum Gasteiger partial charge on any atom is -0.336 e. The van der Waals surface area contributed by atoms with Crippen LogP contribution < -0.4 is 0 Å².